The lowest BCUT2D eigenvalue weighted by Crippen LogP contribution is -2.23. The SMILES string of the molecule is CC#CC(=O)C(C)OC(=O)c1ccc([C@H]2CC[C@H](CCCCCC)CC2)cc1. The maximum Gasteiger partial charge on any atom is 0.338 e. The first-order chi connectivity index (χ1) is 13.5. The minimum atomic E-state index is -0.841. The summed E-state index contributed by atoms with van der Waals surface area (Å²) in [4.78, 5) is 23.9. The third kappa shape index (κ3) is 6.82. The number of Topliss-reactive ketones (excluding diaryl/α,β-unsaturated/α-hetero) is 1. The number of carbonyl (C=O) groups is 2. The fourth-order valence-electron chi connectivity index (χ4n) is 4.04. The van der Waals surface area contributed by atoms with E-state index < -0.39 is 12.1 Å². The Morgan fingerprint density at radius 1 is 1.07 bits per heavy atom. The van der Waals surface area contributed by atoms with E-state index in [1.807, 2.05) is 24.3 Å². The maximum atomic E-state index is 12.2. The van der Waals surface area contributed by atoms with Crippen molar-refractivity contribution in [3.05, 3.63) is 35.4 Å². The number of hydrogen-bond donors (Lipinski definition) is 0. The Morgan fingerprint density at radius 3 is 2.36 bits per heavy atom. The predicted molar refractivity (Wildman–Crippen MR) is 113 cm³/mol. The number of rotatable bonds is 9. The summed E-state index contributed by atoms with van der Waals surface area (Å²) in [5.41, 5.74) is 1.79. The average molecular weight is 383 g/mol. The maximum absolute atomic E-state index is 12.2. The topological polar surface area (TPSA) is 43.4 Å². The van der Waals surface area contributed by atoms with E-state index in [0.717, 1.165) is 5.92 Å². The van der Waals surface area contributed by atoms with Gasteiger partial charge in [0.25, 0.3) is 0 Å². The van der Waals surface area contributed by atoms with E-state index in [9.17, 15) is 9.59 Å². The van der Waals surface area contributed by atoms with Gasteiger partial charge in [0.05, 0.1) is 5.56 Å². The summed E-state index contributed by atoms with van der Waals surface area (Å²) in [6, 6.07) is 7.72. The highest BCUT2D eigenvalue weighted by molar-refractivity contribution is 6.00. The van der Waals surface area contributed by atoms with Crippen LogP contribution in [0.3, 0.4) is 0 Å². The molecule has 1 fully saturated rings. The molecule has 1 atom stereocenters. The van der Waals surface area contributed by atoms with Gasteiger partial charge in [-0.05, 0) is 75.0 Å². The molecule has 152 valence electrons. The van der Waals surface area contributed by atoms with E-state index in [-0.39, 0.29) is 5.78 Å². The summed E-state index contributed by atoms with van der Waals surface area (Å²) >= 11 is 0. The van der Waals surface area contributed by atoms with Gasteiger partial charge in [0.15, 0.2) is 6.10 Å². The lowest BCUT2D eigenvalue weighted by molar-refractivity contribution is -0.121. The molecule has 0 saturated heterocycles. The molecule has 1 aromatic rings. The molecular formula is C25H34O3. The standard InChI is InChI=1S/C25H34O3/c1-4-6-7-8-10-20-11-13-21(14-12-20)22-15-17-23(18-16-22)25(27)28-19(3)24(26)9-5-2/h15-21H,4,6-8,10-14H2,1-3H3/t19?,20-,21-. The number of esters is 1. The lowest BCUT2D eigenvalue weighted by Gasteiger charge is -2.29. The fourth-order valence-corrected chi connectivity index (χ4v) is 4.04. The first-order valence-electron chi connectivity index (χ1n) is 10.8. The molecule has 0 spiro atoms. The van der Waals surface area contributed by atoms with Gasteiger partial charge in [-0.25, -0.2) is 4.79 Å². The molecule has 1 aliphatic carbocycles. The normalized spacial score (nSPS) is 20.0. The van der Waals surface area contributed by atoms with E-state index >= 15 is 0 Å². The Labute approximate surface area is 170 Å². The second-order valence-corrected chi connectivity index (χ2v) is 7.98. The van der Waals surface area contributed by atoms with Crippen molar-refractivity contribution in [3.63, 3.8) is 0 Å². The third-order valence-electron chi connectivity index (χ3n) is 5.83. The van der Waals surface area contributed by atoms with Crippen molar-refractivity contribution < 1.29 is 14.3 Å². The highest BCUT2D eigenvalue weighted by Gasteiger charge is 2.23. The second-order valence-electron chi connectivity index (χ2n) is 7.98. The molecule has 0 radical (unpaired) electrons. The molecule has 1 aromatic carbocycles. The molecule has 0 heterocycles. The van der Waals surface area contributed by atoms with Crippen molar-refractivity contribution in [2.45, 2.75) is 90.6 Å². The zero-order valence-corrected chi connectivity index (χ0v) is 17.6. The molecule has 0 amide bonds. The summed E-state index contributed by atoms with van der Waals surface area (Å²) in [6.45, 7) is 5.40. The Morgan fingerprint density at radius 2 is 1.75 bits per heavy atom. The monoisotopic (exact) mass is 382 g/mol. The molecule has 3 nitrogen and oxygen atoms in total. The van der Waals surface area contributed by atoms with Gasteiger partial charge in [-0.2, -0.15) is 0 Å². The number of benzene rings is 1. The summed E-state index contributed by atoms with van der Waals surface area (Å²) in [6.07, 6.45) is 11.1. The van der Waals surface area contributed by atoms with Crippen LogP contribution in [0.2, 0.25) is 0 Å². The third-order valence-corrected chi connectivity index (χ3v) is 5.83. The Bertz CT molecular complexity index is 685. The zero-order chi connectivity index (χ0) is 20.4. The van der Waals surface area contributed by atoms with Crippen LogP contribution in [0.4, 0.5) is 0 Å². The van der Waals surface area contributed by atoms with E-state index in [1.165, 1.54) is 63.4 Å². The van der Waals surface area contributed by atoms with Gasteiger partial charge >= 0.3 is 5.97 Å². The predicted octanol–water partition coefficient (Wildman–Crippen LogP) is 6.07. The van der Waals surface area contributed by atoms with Gasteiger partial charge in [-0.1, -0.05) is 57.1 Å². The molecule has 1 saturated carbocycles. The van der Waals surface area contributed by atoms with E-state index in [1.54, 1.807) is 13.8 Å². The Hall–Kier alpha value is -2.08. The van der Waals surface area contributed by atoms with E-state index in [4.69, 9.17) is 4.74 Å². The molecule has 28 heavy (non-hydrogen) atoms. The number of hydrogen-bond acceptors (Lipinski definition) is 3. The average Bonchev–Trinajstić information content (AvgIpc) is 2.72. The molecule has 1 unspecified atom stereocenters. The number of ketones is 1. The van der Waals surface area contributed by atoms with Gasteiger partial charge in [0, 0.05) is 0 Å². The van der Waals surface area contributed by atoms with Crippen LogP contribution in [0, 0.1) is 17.8 Å². The lowest BCUT2D eigenvalue weighted by atomic mass is 9.77. The summed E-state index contributed by atoms with van der Waals surface area (Å²) in [5.74, 6) is 5.59. The van der Waals surface area contributed by atoms with Crippen molar-refractivity contribution in [3.8, 4) is 11.8 Å². The van der Waals surface area contributed by atoms with Gasteiger partial charge in [0.1, 0.15) is 0 Å². The number of carbonyl (C=O) groups excluding carboxylic acids is 2. The molecule has 0 aliphatic heterocycles. The van der Waals surface area contributed by atoms with Crippen LogP contribution >= 0.6 is 0 Å². The molecular weight excluding hydrogens is 348 g/mol. The van der Waals surface area contributed by atoms with Crippen LogP contribution in [0.1, 0.15) is 100 Å². The second kappa shape index (κ2) is 11.7. The van der Waals surface area contributed by atoms with Gasteiger partial charge in [0.2, 0.25) is 5.78 Å². The van der Waals surface area contributed by atoms with Crippen LogP contribution in [0.5, 0.6) is 0 Å². The van der Waals surface area contributed by atoms with Crippen LogP contribution < -0.4 is 0 Å². The molecule has 1 aliphatic rings. The van der Waals surface area contributed by atoms with Gasteiger partial charge < -0.3 is 4.74 Å². The highest BCUT2D eigenvalue weighted by Crippen LogP contribution is 2.37. The van der Waals surface area contributed by atoms with Crippen molar-refractivity contribution >= 4 is 11.8 Å². The summed E-state index contributed by atoms with van der Waals surface area (Å²) in [7, 11) is 0. The molecule has 0 bridgehead atoms. The smallest absolute Gasteiger partial charge is 0.338 e. The van der Waals surface area contributed by atoms with Gasteiger partial charge in [-0.15, -0.1) is 0 Å². The first-order valence-corrected chi connectivity index (χ1v) is 10.8. The van der Waals surface area contributed by atoms with Crippen molar-refractivity contribution in [2.24, 2.45) is 5.92 Å². The molecule has 3 heteroatoms. The summed E-state index contributed by atoms with van der Waals surface area (Å²) < 4.78 is 5.21. The largest absolute Gasteiger partial charge is 0.450 e. The first kappa shape index (κ1) is 22.2. The Kier molecular flexibility index (Phi) is 9.28. The van der Waals surface area contributed by atoms with Crippen molar-refractivity contribution in [2.75, 3.05) is 0 Å². The quantitative estimate of drug-likeness (QED) is 0.225. The number of unbranched alkanes of at least 4 members (excludes halogenated alkanes) is 3. The van der Waals surface area contributed by atoms with Crippen LogP contribution in [-0.4, -0.2) is 17.9 Å². The van der Waals surface area contributed by atoms with E-state index in [2.05, 4.69) is 18.8 Å². The van der Waals surface area contributed by atoms with Crippen LogP contribution in [-0.2, 0) is 9.53 Å². The molecule has 0 aromatic heterocycles. The highest BCUT2D eigenvalue weighted by atomic mass is 16.5. The molecule has 2 rings (SSSR count). The minimum Gasteiger partial charge on any atom is -0.450 e. The minimum absolute atomic E-state index is 0.376. The van der Waals surface area contributed by atoms with Crippen LogP contribution in [0.25, 0.3) is 0 Å². The van der Waals surface area contributed by atoms with Crippen LogP contribution in [0.15, 0.2) is 24.3 Å². The Balaban J connectivity index is 1.81. The zero-order valence-electron chi connectivity index (χ0n) is 17.6. The summed E-state index contributed by atoms with van der Waals surface area (Å²) in [5, 5.41) is 0. The van der Waals surface area contributed by atoms with Crippen molar-refractivity contribution in [1.29, 1.82) is 0 Å². The number of ether oxygens (including phenoxy) is 1. The van der Waals surface area contributed by atoms with Gasteiger partial charge in [-0.3, -0.25) is 4.79 Å². The van der Waals surface area contributed by atoms with E-state index in [0.29, 0.717) is 11.5 Å². The molecule has 0 N–H and O–H groups in total. The van der Waals surface area contributed by atoms with Crippen molar-refractivity contribution in [1.82, 2.24) is 0 Å². The fraction of sp³-hybridized carbons (Fsp3) is 0.600.